The van der Waals surface area contributed by atoms with Crippen LogP contribution in [0.1, 0.15) is 73.6 Å². The van der Waals surface area contributed by atoms with Gasteiger partial charge in [-0.25, -0.2) is 4.79 Å². The second-order valence-electron chi connectivity index (χ2n) is 8.04. The van der Waals surface area contributed by atoms with Gasteiger partial charge < -0.3 is 10.1 Å². The molecule has 5 heteroatoms. The van der Waals surface area contributed by atoms with Gasteiger partial charge in [-0.3, -0.25) is 9.79 Å². The van der Waals surface area contributed by atoms with Gasteiger partial charge in [-0.1, -0.05) is 33.1 Å². The zero-order chi connectivity index (χ0) is 18.8. The smallest absolute Gasteiger partial charge is 0.334 e. The van der Waals surface area contributed by atoms with Crippen molar-refractivity contribution in [2.45, 2.75) is 85.3 Å². The number of rotatable bonds is 5. The number of carbonyl (C=O) groups excluding carboxylic acids is 2. The molecule has 1 N–H and O–H groups in total. The fraction of sp³-hybridized carbons (Fsp3) is 0.750. The molecule has 0 bridgehead atoms. The molecule has 1 aliphatic carbocycles. The molecule has 1 atom stereocenters. The molecule has 0 aromatic carbocycles. The summed E-state index contributed by atoms with van der Waals surface area (Å²) in [5.41, 5.74) is 0.673. The minimum atomic E-state index is -0.782. The first-order valence-electron chi connectivity index (χ1n) is 9.50. The molecule has 0 spiro atoms. The third-order valence-corrected chi connectivity index (χ3v) is 5.50. The van der Waals surface area contributed by atoms with Crippen LogP contribution in [0.3, 0.4) is 0 Å². The molecule has 1 fully saturated rings. The molecule has 1 saturated carbocycles. The van der Waals surface area contributed by atoms with E-state index in [0.29, 0.717) is 11.4 Å². The molecule has 25 heavy (non-hydrogen) atoms. The maximum atomic E-state index is 12.8. The van der Waals surface area contributed by atoms with Gasteiger partial charge in [0.05, 0.1) is 6.10 Å². The van der Waals surface area contributed by atoms with Crippen LogP contribution in [0.25, 0.3) is 0 Å². The number of hydrogen-bond donors (Lipinski definition) is 1. The average Bonchev–Trinajstić information content (AvgIpc) is 2.85. The van der Waals surface area contributed by atoms with Crippen LogP contribution < -0.4 is 5.32 Å². The minimum absolute atomic E-state index is 0.0820. The normalized spacial score (nSPS) is 25.8. The van der Waals surface area contributed by atoms with Crippen molar-refractivity contribution in [1.82, 2.24) is 5.32 Å². The van der Waals surface area contributed by atoms with Gasteiger partial charge in [0.1, 0.15) is 11.4 Å². The van der Waals surface area contributed by atoms with Crippen molar-refractivity contribution in [2.24, 2.45) is 16.8 Å². The largest absolute Gasteiger partial charge is 0.460 e. The highest BCUT2D eigenvalue weighted by Crippen LogP contribution is 2.34. The third-order valence-electron chi connectivity index (χ3n) is 5.50. The van der Waals surface area contributed by atoms with Gasteiger partial charge in [-0.2, -0.15) is 0 Å². The molecule has 5 nitrogen and oxygen atoms in total. The van der Waals surface area contributed by atoms with Gasteiger partial charge in [-0.15, -0.1) is 0 Å². The molecule has 0 aromatic rings. The van der Waals surface area contributed by atoms with Crippen LogP contribution in [0, 0.1) is 11.8 Å². The lowest BCUT2D eigenvalue weighted by atomic mass is 9.81. The van der Waals surface area contributed by atoms with Gasteiger partial charge in [0.25, 0.3) is 5.91 Å². The number of amidine groups is 1. The van der Waals surface area contributed by atoms with E-state index in [1.807, 2.05) is 41.5 Å². The number of amides is 1. The molecule has 1 amide bonds. The van der Waals surface area contributed by atoms with Gasteiger partial charge in [-0.05, 0) is 52.4 Å². The minimum Gasteiger partial charge on any atom is -0.460 e. The van der Waals surface area contributed by atoms with E-state index in [0.717, 1.165) is 31.3 Å². The van der Waals surface area contributed by atoms with E-state index in [9.17, 15) is 9.59 Å². The van der Waals surface area contributed by atoms with Gasteiger partial charge in [0.2, 0.25) is 0 Å². The lowest BCUT2D eigenvalue weighted by Crippen LogP contribution is -2.41. The van der Waals surface area contributed by atoms with E-state index in [1.54, 1.807) is 0 Å². The first kappa shape index (κ1) is 19.7. The zero-order valence-electron chi connectivity index (χ0n) is 16.4. The Morgan fingerprint density at radius 2 is 1.80 bits per heavy atom. The second kappa shape index (κ2) is 7.71. The third kappa shape index (κ3) is 4.13. The summed E-state index contributed by atoms with van der Waals surface area (Å²) >= 11 is 0. The molecular formula is C20H32N2O3. The zero-order valence-corrected chi connectivity index (χ0v) is 16.4. The van der Waals surface area contributed by atoms with Crippen molar-refractivity contribution in [2.75, 3.05) is 0 Å². The van der Waals surface area contributed by atoms with Crippen LogP contribution in [-0.2, 0) is 14.3 Å². The highest BCUT2D eigenvalue weighted by atomic mass is 16.5. The van der Waals surface area contributed by atoms with Gasteiger partial charge in [0.15, 0.2) is 0 Å². The molecule has 0 aromatic heterocycles. The first-order valence-corrected chi connectivity index (χ1v) is 9.50. The Bertz CT molecular complexity index is 598. The van der Waals surface area contributed by atoms with E-state index in [4.69, 9.17) is 4.74 Å². The van der Waals surface area contributed by atoms with E-state index in [1.165, 1.54) is 6.42 Å². The maximum Gasteiger partial charge on any atom is 0.334 e. The summed E-state index contributed by atoms with van der Waals surface area (Å²) in [6, 6.07) is 0. The molecule has 140 valence electrons. The predicted molar refractivity (Wildman–Crippen MR) is 99.3 cm³/mol. The highest BCUT2D eigenvalue weighted by molar-refractivity contribution is 6.17. The number of carbonyl (C=O) groups is 2. The number of hydrogen-bond acceptors (Lipinski definition) is 4. The summed E-state index contributed by atoms with van der Waals surface area (Å²) in [6.45, 7) is 11.4. The summed E-state index contributed by atoms with van der Waals surface area (Å²) in [6.07, 6.45) is 5.27. The highest BCUT2D eigenvalue weighted by Gasteiger charge is 2.43. The van der Waals surface area contributed by atoms with Crippen molar-refractivity contribution >= 4 is 17.7 Å². The van der Waals surface area contributed by atoms with Crippen LogP contribution in [0.5, 0.6) is 0 Å². The first-order chi connectivity index (χ1) is 11.7. The number of nitrogens with one attached hydrogen (secondary N) is 1. The lowest BCUT2D eigenvalue weighted by Gasteiger charge is -2.26. The van der Waals surface area contributed by atoms with Crippen molar-refractivity contribution in [3.8, 4) is 0 Å². The summed E-state index contributed by atoms with van der Waals surface area (Å²) in [7, 11) is 0. The Balaban J connectivity index is 2.43. The molecular weight excluding hydrogens is 316 g/mol. The Morgan fingerprint density at radius 3 is 2.28 bits per heavy atom. The Morgan fingerprint density at radius 1 is 1.20 bits per heavy atom. The number of nitrogens with zero attached hydrogens (tertiary/aromatic N) is 1. The average molecular weight is 348 g/mol. The van der Waals surface area contributed by atoms with E-state index in [2.05, 4.69) is 10.3 Å². The van der Waals surface area contributed by atoms with Crippen LogP contribution in [-0.4, -0.2) is 29.4 Å². The summed E-state index contributed by atoms with van der Waals surface area (Å²) in [4.78, 5) is 29.9. The number of esters is 1. The van der Waals surface area contributed by atoms with Gasteiger partial charge >= 0.3 is 5.97 Å². The molecule has 2 rings (SSSR count). The van der Waals surface area contributed by atoms with Gasteiger partial charge in [0, 0.05) is 11.1 Å². The summed E-state index contributed by atoms with van der Waals surface area (Å²) in [5.74, 6) is 0.429. The topological polar surface area (TPSA) is 67.8 Å². The van der Waals surface area contributed by atoms with E-state index >= 15 is 0 Å². The Hall–Kier alpha value is -1.65. The van der Waals surface area contributed by atoms with Crippen molar-refractivity contribution < 1.29 is 14.3 Å². The van der Waals surface area contributed by atoms with E-state index < -0.39 is 5.54 Å². The van der Waals surface area contributed by atoms with Crippen molar-refractivity contribution in [1.29, 1.82) is 0 Å². The number of ether oxygens (including phenoxy) is 1. The monoisotopic (exact) mass is 348 g/mol. The predicted octanol–water partition coefficient (Wildman–Crippen LogP) is 3.78. The summed E-state index contributed by atoms with van der Waals surface area (Å²) in [5, 5.41) is 2.90. The Kier molecular flexibility index (Phi) is 6.07. The molecule has 1 unspecified atom stereocenters. The molecule has 1 aliphatic heterocycles. The fourth-order valence-corrected chi connectivity index (χ4v) is 3.54. The Labute approximate surface area is 151 Å². The van der Waals surface area contributed by atoms with Crippen LogP contribution in [0.4, 0.5) is 0 Å². The van der Waals surface area contributed by atoms with Crippen LogP contribution in [0.15, 0.2) is 16.1 Å². The lowest BCUT2D eigenvalue weighted by molar-refractivity contribution is -0.143. The van der Waals surface area contributed by atoms with Crippen molar-refractivity contribution in [3.05, 3.63) is 11.1 Å². The van der Waals surface area contributed by atoms with Crippen LogP contribution in [0.2, 0.25) is 0 Å². The molecule has 0 saturated heterocycles. The van der Waals surface area contributed by atoms with E-state index in [-0.39, 0.29) is 29.8 Å². The molecule has 2 aliphatic rings. The SMILES string of the molecule is C/C(C1=NC(C)(C(C)C)C(=O)N1)=C(/C(=O)OC(C)C)C1CCCCC1. The molecule has 1 heterocycles. The second-order valence-corrected chi connectivity index (χ2v) is 8.04. The summed E-state index contributed by atoms with van der Waals surface area (Å²) < 4.78 is 5.51. The maximum absolute atomic E-state index is 12.8. The molecule has 0 radical (unpaired) electrons. The number of aliphatic imine (C=N–C) groups is 1. The van der Waals surface area contributed by atoms with Crippen LogP contribution >= 0.6 is 0 Å². The fourth-order valence-electron chi connectivity index (χ4n) is 3.54. The standard InChI is InChI=1S/C20H32N2O3/c1-12(2)20(6)19(24)21-17(22-20)14(5)16(18(23)25-13(3)4)15-10-8-7-9-11-15/h12-13,15H,7-11H2,1-6H3,(H,21,22,24)/b16-14-. The quantitative estimate of drug-likeness (QED) is 0.607. The van der Waals surface area contributed by atoms with Crippen molar-refractivity contribution in [3.63, 3.8) is 0 Å².